The van der Waals surface area contributed by atoms with Crippen molar-refractivity contribution in [2.45, 2.75) is 58.0 Å². The molecule has 184 valence electrons. The number of benzene rings is 1. The molecule has 2 aromatic rings. The van der Waals surface area contributed by atoms with Gasteiger partial charge in [0.2, 0.25) is 15.8 Å². The first kappa shape index (κ1) is 25.6. The van der Waals surface area contributed by atoms with Crippen LogP contribution in [0.15, 0.2) is 29.2 Å². The Kier molecular flexibility index (Phi) is 7.93. The Morgan fingerprint density at radius 3 is 2.41 bits per heavy atom. The normalized spacial score (nSPS) is 15.5. The standard InChI is InChI=1S/C24H30N2O7S/c1-5-32-24(29)20-15(2)21(25-16(20)3)22(27)17(4)33-23(28)18-10-9-11-19(14-18)34(30,31)26-12-7-6-8-13-26/h9-11,14,17,25H,5-8,12-13H2,1-4H3/t17-/m1/s1. The Hall–Kier alpha value is -2.98. The van der Waals surface area contributed by atoms with E-state index in [9.17, 15) is 22.8 Å². The first-order chi connectivity index (χ1) is 16.1. The zero-order chi connectivity index (χ0) is 25.0. The molecule has 0 radical (unpaired) electrons. The second-order valence-electron chi connectivity index (χ2n) is 8.25. The van der Waals surface area contributed by atoms with Crippen LogP contribution in [0.25, 0.3) is 0 Å². The number of aromatic nitrogens is 1. The maximum Gasteiger partial charge on any atom is 0.340 e. The Morgan fingerprint density at radius 2 is 1.76 bits per heavy atom. The van der Waals surface area contributed by atoms with Crippen molar-refractivity contribution >= 4 is 27.7 Å². The number of nitrogens with one attached hydrogen (secondary N) is 1. The van der Waals surface area contributed by atoms with E-state index in [1.165, 1.54) is 35.5 Å². The highest BCUT2D eigenvalue weighted by atomic mass is 32.2. The summed E-state index contributed by atoms with van der Waals surface area (Å²) < 4.78 is 37.7. The fourth-order valence-electron chi connectivity index (χ4n) is 4.03. The predicted octanol–water partition coefficient (Wildman–Crippen LogP) is 3.41. The third-order valence-corrected chi connectivity index (χ3v) is 7.73. The number of carbonyl (C=O) groups is 3. The molecule has 0 spiro atoms. The first-order valence-corrected chi connectivity index (χ1v) is 12.7. The van der Waals surface area contributed by atoms with Crippen molar-refractivity contribution in [1.29, 1.82) is 0 Å². The number of hydrogen-bond donors (Lipinski definition) is 1. The Morgan fingerprint density at radius 1 is 1.09 bits per heavy atom. The number of H-pyrrole nitrogens is 1. The lowest BCUT2D eigenvalue weighted by Gasteiger charge is -2.26. The van der Waals surface area contributed by atoms with E-state index in [1.54, 1.807) is 20.8 Å². The van der Waals surface area contributed by atoms with Gasteiger partial charge in [-0.05, 0) is 64.3 Å². The van der Waals surface area contributed by atoms with E-state index in [0.717, 1.165) is 19.3 Å². The number of piperidine rings is 1. The molecular weight excluding hydrogens is 460 g/mol. The van der Waals surface area contributed by atoms with E-state index in [4.69, 9.17) is 9.47 Å². The number of aromatic amines is 1. The number of hydrogen-bond acceptors (Lipinski definition) is 7. The molecule has 1 aliphatic rings. The summed E-state index contributed by atoms with van der Waals surface area (Å²) in [7, 11) is -3.72. The summed E-state index contributed by atoms with van der Waals surface area (Å²) in [5, 5.41) is 0. The van der Waals surface area contributed by atoms with Crippen molar-refractivity contribution in [3.8, 4) is 0 Å². The first-order valence-electron chi connectivity index (χ1n) is 11.3. The van der Waals surface area contributed by atoms with Crippen molar-refractivity contribution in [1.82, 2.24) is 9.29 Å². The van der Waals surface area contributed by atoms with Crippen LogP contribution in [0.5, 0.6) is 0 Å². The van der Waals surface area contributed by atoms with E-state index in [1.807, 2.05) is 0 Å². The molecule has 1 fully saturated rings. The van der Waals surface area contributed by atoms with Crippen molar-refractivity contribution in [2.75, 3.05) is 19.7 Å². The Bertz CT molecular complexity index is 1190. The molecule has 0 aliphatic carbocycles. The maximum atomic E-state index is 12.9. The smallest absolute Gasteiger partial charge is 0.340 e. The minimum Gasteiger partial charge on any atom is -0.462 e. The highest BCUT2D eigenvalue weighted by Crippen LogP contribution is 2.23. The lowest BCUT2D eigenvalue weighted by atomic mass is 10.1. The molecule has 10 heteroatoms. The number of sulfonamides is 1. The summed E-state index contributed by atoms with van der Waals surface area (Å²) in [6, 6.07) is 5.63. The summed E-state index contributed by atoms with van der Waals surface area (Å²) in [6.07, 6.45) is 1.43. The number of esters is 2. The summed E-state index contributed by atoms with van der Waals surface area (Å²) >= 11 is 0. The van der Waals surface area contributed by atoms with Crippen LogP contribution in [-0.2, 0) is 19.5 Å². The third-order valence-electron chi connectivity index (χ3n) is 5.84. The average Bonchev–Trinajstić information content (AvgIpc) is 3.13. The van der Waals surface area contributed by atoms with E-state index < -0.39 is 33.8 Å². The number of ether oxygens (including phenoxy) is 2. The lowest BCUT2D eigenvalue weighted by molar-refractivity contribution is 0.0316. The van der Waals surface area contributed by atoms with Gasteiger partial charge in [0.25, 0.3) is 0 Å². The summed E-state index contributed by atoms with van der Waals surface area (Å²) in [4.78, 5) is 40.8. The molecule has 2 heterocycles. The van der Waals surface area contributed by atoms with Gasteiger partial charge in [0.05, 0.1) is 28.3 Å². The fourth-order valence-corrected chi connectivity index (χ4v) is 5.59. The van der Waals surface area contributed by atoms with E-state index in [0.29, 0.717) is 24.3 Å². The monoisotopic (exact) mass is 490 g/mol. The highest BCUT2D eigenvalue weighted by Gasteiger charge is 2.29. The molecule has 0 amide bonds. The minimum absolute atomic E-state index is 0.0118. The summed E-state index contributed by atoms with van der Waals surface area (Å²) in [6.45, 7) is 7.49. The molecule has 0 bridgehead atoms. The zero-order valence-corrected chi connectivity index (χ0v) is 20.7. The Labute approximate surface area is 199 Å². The minimum atomic E-state index is -3.72. The quantitative estimate of drug-likeness (QED) is 0.444. The number of aryl methyl sites for hydroxylation is 1. The molecule has 3 rings (SSSR count). The van der Waals surface area contributed by atoms with Crippen LogP contribution < -0.4 is 0 Å². The van der Waals surface area contributed by atoms with Crippen LogP contribution in [0.2, 0.25) is 0 Å². The molecule has 1 saturated heterocycles. The second kappa shape index (κ2) is 10.5. The number of Topliss-reactive ketones (excluding diaryl/α,β-unsaturated/α-hetero) is 1. The largest absolute Gasteiger partial charge is 0.462 e. The van der Waals surface area contributed by atoms with Crippen LogP contribution in [0, 0.1) is 13.8 Å². The van der Waals surface area contributed by atoms with Crippen LogP contribution in [-0.4, -0.2) is 61.2 Å². The van der Waals surface area contributed by atoms with Gasteiger partial charge in [-0.3, -0.25) is 4.79 Å². The number of nitrogens with zero attached hydrogens (tertiary/aromatic N) is 1. The van der Waals surface area contributed by atoms with Gasteiger partial charge in [-0.1, -0.05) is 12.5 Å². The SMILES string of the molecule is CCOC(=O)c1c(C)[nH]c(C(=O)[C@@H](C)OC(=O)c2cccc(S(=O)(=O)N3CCCCC3)c2)c1C. The van der Waals surface area contributed by atoms with Crippen molar-refractivity contribution in [3.63, 3.8) is 0 Å². The molecular formula is C24H30N2O7S. The fraction of sp³-hybridized carbons (Fsp3) is 0.458. The number of carbonyl (C=O) groups excluding carboxylic acids is 3. The van der Waals surface area contributed by atoms with Gasteiger partial charge in [-0.25, -0.2) is 18.0 Å². The molecule has 34 heavy (non-hydrogen) atoms. The molecule has 9 nitrogen and oxygen atoms in total. The second-order valence-corrected chi connectivity index (χ2v) is 10.2. The molecule has 0 saturated carbocycles. The third kappa shape index (κ3) is 5.23. The zero-order valence-electron chi connectivity index (χ0n) is 19.8. The molecule has 1 aromatic carbocycles. The van der Waals surface area contributed by atoms with E-state index in [2.05, 4.69) is 4.98 Å². The molecule has 1 N–H and O–H groups in total. The van der Waals surface area contributed by atoms with Gasteiger partial charge < -0.3 is 14.5 Å². The van der Waals surface area contributed by atoms with Crippen LogP contribution in [0.4, 0.5) is 0 Å². The molecule has 1 aliphatic heterocycles. The number of rotatable bonds is 8. The van der Waals surface area contributed by atoms with Gasteiger partial charge in [-0.15, -0.1) is 0 Å². The predicted molar refractivity (Wildman–Crippen MR) is 124 cm³/mol. The van der Waals surface area contributed by atoms with Crippen LogP contribution in [0.1, 0.15) is 75.6 Å². The average molecular weight is 491 g/mol. The van der Waals surface area contributed by atoms with E-state index >= 15 is 0 Å². The van der Waals surface area contributed by atoms with Gasteiger partial charge in [0, 0.05) is 18.8 Å². The summed E-state index contributed by atoms with van der Waals surface area (Å²) in [5.74, 6) is -1.87. The maximum absolute atomic E-state index is 12.9. The van der Waals surface area contributed by atoms with Crippen LogP contribution >= 0.6 is 0 Å². The topological polar surface area (TPSA) is 123 Å². The number of ketones is 1. The molecule has 1 atom stereocenters. The highest BCUT2D eigenvalue weighted by molar-refractivity contribution is 7.89. The van der Waals surface area contributed by atoms with Crippen molar-refractivity contribution in [2.24, 2.45) is 0 Å². The van der Waals surface area contributed by atoms with Crippen molar-refractivity contribution in [3.05, 3.63) is 52.3 Å². The van der Waals surface area contributed by atoms with Gasteiger partial charge in [-0.2, -0.15) is 4.31 Å². The van der Waals surface area contributed by atoms with Crippen LogP contribution in [0.3, 0.4) is 0 Å². The lowest BCUT2D eigenvalue weighted by Crippen LogP contribution is -2.35. The molecule has 1 aromatic heterocycles. The van der Waals surface area contributed by atoms with Crippen molar-refractivity contribution < 1.29 is 32.3 Å². The van der Waals surface area contributed by atoms with E-state index in [-0.39, 0.29) is 28.3 Å². The van der Waals surface area contributed by atoms with Gasteiger partial charge >= 0.3 is 11.9 Å². The molecule has 0 unspecified atom stereocenters. The van der Waals surface area contributed by atoms with Gasteiger partial charge in [0.15, 0.2) is 6.10 Å². The Balaban J connectivity index is 1.76. The summed E-state index contributed by atoms with van der Waals surface area (Å²) in [5.41, 5.74) is 1.36. The van der Waals surface area contributed by atoms with Gasteiger partial charge in [0.1, 0.15) is 0 Å².